The number of carbonyl (C=O) groups is 6. The summed E-state index contributed by atoms with van der Waals surface area (Å²) in [4.78, 5) is 82.1. The van der Waals surface area contributed by atoms with Gasteiger partial charge in [0.15, 0.2) is 17.3 Å². The third-order valence-electron chi connectivity index (χ3n) is 9.50. The molecule has 6 rings (SSSR count). The van der Waals surface area contributed by atoms with Crippen LogP contribution in [0.15, 0.2) is 164 Å². The molecule has 0 spiro atoms. The molecular weight excluding hydrogens is 729 g/mol. The van der Waals surface area contributed by atoms with Gasteiger partial charge in [-0.3, -0.25) is 33.7 Å². The zero-order valence-corrected chi connectivity index (χ0v) is 31.7. The topological polar surface area (TPSA) is 142 Å². The summed E-state index contributed by atoms with van der Waals surface area (Å²) >= 11 is 0. The number of ketones is 3. The zero-order chi connectivity index (χ0) is 40.7. The highest BCUT2D eigenvalue weighted by Gasteiger charge is 2.21. The molecule has 0 aliphatic heterocycles. The summed E-state index contributed by atoms with van der Waals surface area (Å²) in [6.07, 6.45) is 0. The molecule has 0 aromatic heterocycles. The number of nitrogens with one attached hydrogen (secondary N) is 3. The average molecular weight is 771 g/mol. The van der Waals surface area contributed by atoms with E-state index in [1.807, 2.05) is 23.1 Å². The lowest BCUT2D eigenvalue weighted by Crippen LogP contribution is -2.43. The van der Waals surface area contributed by atoms with E-state index in [4.69, 9.17) is 0 Å². The van der Waals surface area contributed by atoms with E-state index in [0.717, 1.165) is 0 Å². The number of nitrogens with zero attached hydrogens (tertiary/aromatic N) is 1. The first-order chi connectivity index (χ1) is 28.3. The summed E-state index contributed by atoms with van der Waals surface area (Å²) in [5.74, 6) is -2.04. The van der Waals surface area contributed by atoms with Crippen LogP contribution < -0.4 is 16.0 Å². The lowest BCUT2D eigenvalue weighted by atomic mass is 9.98. The van der Waals surface area contributed by atoms with E-state index in [1.165, 1.54) is 0 Å². The Labute approximate surface area is 336 Å². The SMILES string of the molecule is O=C(NCCN(CCNC(=O)c1ccccc1C(=O)c1ccccc1)CCNC(=O)c1ccccc1C(=O)c1ccccc1)c1ccccc1C(=O)c1ccccc1. The highest BCUT2D eigenvalue weighted by Crippen LogP contribution is 2.17. The van der Waals surface area contributed by atoms with Crippen molar-refractivity contribution in [2.75, 3.05) is 39.3 Å². The fourth-order valence-electron chi connectivity index (χ4n) is 6.48. The van der Waals surface area contributed by atoms with Crippen molar-refractivity contribution in [2.45, 2.75) is 0 Å². The van der Waals surface area contributed by atoms with Gasteiger partial charge in [0.05, 0.1) is 16.7 Å². The molecule has 0 saturated heterocycles. The van der Waals surface area contributed by atoms with Crippen LogP contribution in [0.3, 0.4) is 0 Å². The van der Waals surface area contributed by atoms with E-state index in [9.17, 15) is 28.8 Å². The molecule has 58 heavy (non-hydrogen) atoms. The quantitative estimate of drug-likeness (QED) is 0.0876. The first-order valence-corrected chi connectivity index (χ1v) is 18.9. The van der Waals surface area contributed by atoms with Crippen molar-refractivity contribution in [2.24, 2.45) is 0 Å². The van der Waals surface area contributed by atoms with Gasteiger partial charge in [-0.15, -0.1) is 0 Å². The summed E-state index contributed by atoms with van der Waals surface area (Å²) in [7, 11) is 0. The van der Waals surface area contributed by atoms with E-state index in [1.54, 1.807) is 146 Å². The molecule has 0 unspecified atom stereocenters. The van der Waals surface area contributed by atoms with Crippen molar-refractivity contribution < 1.29 is 28.8 Å². The smallest absolute Gasteiger partial charge is 0.252 e. The van der Waals surface area contributed by atoms with Gasteiger partial charge in [-0.05, 0) is 18.2 Å². The summed E-state index contributed by atoms with van der Waals surface area (Å²) in [6.45, 7) is 1.57. The van der Waals surface area contributed by atoms with E-state index in [0.29, 0.717) is 36.3 Å². The normalized spacial score (nSPS) is 10.7. The molecular formula is C48H42N4O6. The predicted molar refractivity (Wildman–Crippen MR) is 222 cm³/mol. The number of hydrogen-bond acceptors (Lipinski definition) is 7. The van der Waals surface area contributed by atoms with Gasteiger partial charge >= 0.3 is 0 Å². The van der Waals surface area contributed by atoms with Crippen molar-refractivity contribution >= 4 is 35.1 Å². The molecule has 0 fully saturated rings. The van der Waals surface area contributed by atoms with Gasteiger partial charge in [0.1, 0.15) is 0 Å². The molecule has 0 heterocycles. The molecule has 3 N–H and O–H groups in total. The minimum absolute atomic E-state index is 0.192. The van der Waals surface area contributed by atoms with E-state index >= 15 is 0 Å². The molecule has 0 saturated carbocycles. The molecule has 6 aromatic carbocycles. The summed E-state index contributed by atoms with van der Waals surface area (Å²) in [5, 5.41) is 8.74. The van der Waals surface area contributed by atoms with Crippen LogP contribution in [-0.4, -0.2) is 79.2 Å². The first kappa shape index (κ1) is 40.4. The highest BCUT2D eigenvalue weighted by atomic mass is 16.2. The van der Waals surface area contributed by atoms with Gasteiger partial charge in [0, 0.05) is 72.6 Å². The lowest BCUT2D eigenvalue weighted by molar-refractivity contribution is 0.0929. The van der Waals surface area contributed by atoms with Crippen molar-refractivity contribution in [1.82, 2.24) is 20.9 Å². The monoisotopic (exact) mass is 770 g/mol. The molecule has 0 radical (unpaired) electrons. The van der Waals surface area contributed by atoms with E-state index < -0.39 is 17.7 Å². The van der Waals surface area contributed by atoms with Crippen molar-refractivity contribution in [3.63, 3.8) is 0 Å². The van der Waals surface area contributed by atoms with Gasteiger partial charge in [-0.1, -0.05) is 146 Å². The third kappa shape index (κ3) is 10.3. The molecule has 10 nitrogen and oxygen atoms in total. The maximum atomic E-state index is 13.4. The third-order valence-corrected chi connectivity index (χ3v) is 9.50. The van der Waals surface area contributed by atoms with E-state index in [2.05, 4.69) is 16.0 Å². The van der Waals surface area contributed by atoms with Gasteiger partial charge < -0.3 is 16.0 Å². The molecule has 10 heteroatoms. The second-order valence-electron chi connectivity index (χ2n) is 13.3. The van der Waals surface area contributed by atoms with Gasteiger partial charge in [-0.25, -0.2) is 0 Å². The van der Waals surface area contributed by atoms with Crippen molar-refractivity contribution in [3.05, 3.63) is 214 Å². The van der Waals surface area contributed by atoms with Crippen LogP contribution in [0.1, 0.15) is 78.8 Å². The highest BCUT2D eigenvalue weighted by molar-refractivity contribution is 6.17. The largest absolute Gasteiger partial charge is 0.351 e. The molecule has 0 bridgehead atoms. The standard InChI is InChI=1S/C48H42N4O6/c53-43(34-16-4-1-5-17-34)37-22-10-13-25-40(37)46(56)49-28-31-52(32-29-50-47(57)41-26-14-11-23-38(41)44(54)35-18-6-2-7-19-35)33-30-51-48(58)42-27-15-12-24-39(42)45(55)36-20-8-3-9-21-36/h1-27H,28-33H2,(H,49,56)(H,50,57)(H,51,58). The molecule has 0 aliphatic rings. The Morgan fingerprint density at radius 3 is 0.793 bits per heavy atom. The van der Waals surface area contributed by atoms with Crippen LogP contribution in [0.4, 0.5) is 0 Å². The second kappa shape index (κ2) is 20.0. The van der Waals surface area contributed by atoms with Crippen molar-refractivity contribution in [3.8, 4) is 0 Å². The number of rotatable bonds is 18. The summed E-state index contributed by atoms with van der Waals surface area (Å²) in [6, 6.07) is 46.2. The number of hydrogen-bond donors (Lipinski definition) is 3. The van der Waals surface area contributed by atoms with Gasteiger partial charge in [0.2, 0.25) is 0 Å². The lowest BCUT2D eigenvalue weighted by Gasteiger charge is -2.23. The number of carbonyl (C=O) groups excluding carboxylic acids is 6. The summed E-state index contributed by atoms with van der Waals surface area (Å²) < 4.78 is 0. The predicted octanol–water partition coefficient (Wildman–Crippen LogP) is 6.27. The summed E-state index contributed by atoms with van der Waals surface area (Å²) in [5.41, 5.74) is 2.99. The van der Waals surface area contributed by atoms with Crippen LogP contribution in [0.25, 0.3) is 0 Å². The number of amides is 3. The Kier molecular flexibility index (Phi) is 13.9. The molecule has 0 atom stereocenters. The van der Waals surface area contributed by atoms with E-state index in [-0.39, 0.29) is 70.4 Å². The minimum atomic E-state index is -0.416. The van der Waals surface area contributed by atoms with Crippen LogP contribution in [0.2, 0.25) is 0 Å². The minimum Gasteiger partial charge on any atom is -0.351 e. The maximum Gasteiger partial charge on any atom is 0.252 e. The van der Waals surface area contributed by atoms with Gasteiger partial charge in [0.25, 0.3) is 17.7 Å². The molecule has 3 amide bonds. The first-order valence-electron chi connectivity index (χ1n) is 18.9. The zero-order valence-electron chi connectivity index (χ0n) is 31.7. The van der Waals surface area contributed by atoms with Crippen LogP contribution in [-0.2, 0) is 0 Å². The van der Waals surface area contributed by atoms with Gasteiger partial charge in [-0.2, -0.15) is 0 Å². The Morgan fingerprint density at radius 2 is 0.534 bits per heavy atom. The number of benzene rings is 6. The van der Waals surface area contributed by atoms with Crippen LogP contribution in [0, 0.1) is 0 Å². The Hall–Kier alpha value is -7.30. The second-order valence-corrected chi connectivity index (χ2v) is 13.3. The van der Waals surface area contributed by atoms with Crippen LogP contribution >= 0.6 is 0 Å². The van der Waals surface area contributed by atoms with Crippen molar-refractivity contribution in [1.29, 1.82) is 0 Å². The Morgan fingerprint density at radius 1 is 0.310 bits per heavy atom. The Bertz CT molecular complexity index is 2130. The molecule has 0 aliphatic carbocycles. The fourth-order valence-corrected chi connectivity index (χ4v) is 6.48. The maximum absolute atomic E-state index is 13.4. The van der Waals surface area contributed by atoms with Crippen LogP contribution in [0.5, 0.6) is 0 Å². The fraction of sp³-hybridized carbons (Fsp3) is 0.125. The molecule has 6 aromatic rings. The molecule has 290 valence electrons. The Balaban J connectivity index is 1.11. The average Bonchev–Trinajstić information content (AvgIpc) is 3.28.